The molecule has 2 heterocycles. The fourth-order valence-electron chi connectivity index (χ4n) is 3.53. The van der Waals surface area contributed by atoms with Crippen molar-refractivity contribution in [3.8, 4) is 11.5 Å². The number of morpholine rings is 1. The smallest absolute Gasteiger partial charge is 0.270 e. The van der Waals surface area contributed by atoms with Gasteiger partial charge in [-0.25, -0.2) is 0 Å². The number of thiocarbonyl (C=S) groups is 1. The van der Waals surface area contributed by atoms with Crippen LogP contribution in [0.4, 0.5) is 5.69 Å². The second-order valence-electron chi connectivity index (χ2n) is 7.53. The number of hydrogen-bond acceptors (Lipinski definition) is 7. The maximum atomic E-state index is 13.1. The summed E-state index contributed by atoms with van der Waals surface area (Å²) in [6.07, 6.45) is 1.73. The predicted octanol–water partition coefficient (Wildman–Crippen LogP) is 5.04. The van der Waals surface area contributed by atoms with E-state index in [-0.39, 0.29) is 18.4 Å². The molecule has 184 valence electrons. The van der Waals surface area contributed by atoms with E-state index in [1.165, 1.54) is 16.7 Å². The average Bonchev–Trinajstić information content (AvgIpc) is 3.12. The zero-order chi connectivity index (χ0) is 24.9. The van der Waals surface area contributed by atoms with Crippen molar-refractivity contribution in [3.63, 3.8) is 0 Å². The SMILES string of the molecule is CCOc1cc(/C=C2/SC(=S)N(c3ccc(Cl)cc3Cl)C2=O)ccc1OCC(=O)N1CCOCC1. The molecule has 0 aliphatic carbocycles. The van der Waals surface area contributed by atoms with Crippen LogP contribution < -0.4 is 14.4 Å². The molecule has 0 bridgehead atoms. The molecule has 2 aromatic rings. The Morgan fingerprint density at radius 2 is 1.91 bits per heavy atom. The van der Waals surface area contributed by atoms with E-state index in [1.54, 1.807) is 47.4 Å². The Bertz CT molecular complexity index is 1180. The summed E-state index contributed by atoms with van der Waals surface area (Å²) in [6.45, 7) is 4.34. The maximum Gasteiger partial charge on any atom is 0.270 e. The van der Waals surface area contributed by atoms with Crippen LogP contribution in [-0.2, 0) is 14.3 Å². The summed E-state index contributed by atoms with van der Waals surface area (Å²) in [6, 6.07) is 10.2. The number of carbonyl (C=O) groups excluding carboxylic acids is 2. The normalized spacial score (nSPS) is 17.3. The highest BCUT2D eigenvalue weighted by Gasteiger charge is 2.34. The van der Waals surface area contributed by atoms with Gasteiger partial charge in [-0.15, -0.1) is 0 Å². The summed E-state index contributed by atoms with van der Waals surface area (Å²) in [5, 5.41) is 0.805. The number of nitrogens with zero attached hydrogens (tertiary/aromatic N) is 2. The molecule has 2 fully saturated rings. The van der Waals surface area contributed by atoms with Crippen molar-refractivity contribution in [3.05, 3.63) is 56.9 Å². The summed E-state index contributed by atoms with van der Waals surface area (Å²) >= 11 is 18.9. The van der Waals surface area contributed by atoms with Crippen LogP contribution in [0.2, 0.25) is 10.0 Å². The number of amides is 2. The first-order valence-corrected chi connectivity index (χ1v) is 12.8. The fraction of sp³-hybridized carbons (Fsp3) is 0.292. The van der Waals surface area contributed by atoms with E-state index in [0.29, 0.717) is 69.4 Å². The zero-order valence-electron chi connectivity index (χ0n) is 18.8. The number of carbonyl (C=O) groups is 2. The van der Waals surface area contributed by atoms with Gasteiger partial charge >= 0.3 is 0 Å². The second kappa shape index (κ2) is 11.6. The molecule has 0 aromatic heterocycles. The van der Waals surface area contributed by atoms with Gasteiger partial charge in [0.1, 0.15) is 0 Å². The maximum absolute atomic E-state index is 13.1. The molecule has 0 saturated carbocycles. The lowest BCUT2D eigenvalue weighted by Crippen LogP contribution is -2.43. The van der Waals surface area contributed by atoms with Gasteiger partial charge < -0.3 is 19.1 Å². The third-order valence-corrected chi connectivity index (χ3v) is 7.06. The highest BCUT2D eigenvalue weighted by atomic mass is 35.5. The topological polar surface area (TPSA) is 68.3 Å². The third kappa shape index (κ3) is 6.10. The van der Waals surface area contributed by atoms with Gasteiger partial charge in [-0.3, -0.25) is 14.5 Å². The van der Waals surface area contributed by atoms with Gasteiger partial charge in [0.25, 0.3) is 11.8 Å². The van der Waals surface area contributed by atoms with E-state index in [2.05, 4.69) is 0 Å². The van der Waals surface area contributed by atoms with E-state index < -0.39 is 0 Å². The van der Waals surface area contributed by atoms with Crippen molar-refractivity contribution in [1.82, 2.24) is 4.90 Å². The molecule has 2 aliphatic rings. The van der Waals surface area contributed by atoms with Gasteiger partial charge in [-0.1, -0.05) is 53.2 Å². The highest BCUT2D eigenvalue weighted by molar-refractivity contribution is 8.27. The Morgan fingerprint density at radius 3 is 2.63 bits per heavy atom. The van der Waals surface area contributed by atoms with Crippen LogP contribution in [0, 0.1) is 0 Å². The van der Waals surface area contributed by atoms with Crippen molar-refractivity contribution < 1.29 is 23.8 Å². The molecule has 0 atom stereocenters. The van der Waals surface area contributed by atoms with E-state index in [1.807, 2.05) is 6.92 Å². The summed E-state index contributed by atoms with van der Waals surface area (Å²) in [5.74, 6) is 0.543. The predicted molar refractivity (Wildman–Crippen MR) is 143 cm³/mol. The fourth-order valence-corrected chi connectivity index (χ4v) is 5.31. The van der Waals surface area contributed by atoms with Gasteiger partial charge in [-0.2, -0.15) is 0 Å². The molecule has 0 unspecified atom stereocenters. The molecule has 0 N–H and O–H groups in total. The molecule has 35 heavy (non-hydrogen) atoms. The molecule has 11 heteroatoms. The summed E-state index contributed by atoms with van der Waals surface area (Å²) < 4.78 is 17.1. The molecule has 4 rings (SSSR count). The molecule has 0 spiro atoms. The lowest BCUT2D eigenvalue weighted by Gasteiger charge is -2.26. The monoisotopic (exact) mass is 552 g/mol. The highest BCUT2D eigenvalue weighted by Crippen LogP contribution is 2.40. The molecule has 7 nitrogen and oxygen atoms in total. The molecule has 2 aromatic carbocycles. The van der Waals surface area contributed by atoms with Crippen LogP contribution in [0.25, 0.3) is 6.08 Å². The van der Waals surface area contributed by atoms with E-state index in [0.717, 1.165) is 5.56 Å². The van der Waals surface area contributed by atoms with Gasteiger partial charge in [0.2, 0.25) is 0 Å². The minimum Gasteiger partial charge on any atom is -0.490 e. The van der Waals surface area contributed by atoms with E-state index in [9.17, 15) is 9.59 Å². The number of hydrogen-bond donors (Lipinski definition) is 0. The molecule has 2 saturated heterocycles. The Kier molecular flexibility index (Phi) is 8.56. The van der Waals surface area contributed by atoms with Crippen molar-refractivity contribution in [2.75, 3.05) is 44.4 Å². The van der Waals surface area contributed by atoms with Gasteiger partial charge in [-0.05, 0) is 48.9 Å². The number of benzene rings is 2. The first-order valence-electron chi connectivity index (χ1n) is 10.9. The third-order valence-electron chi connectivity index (χ3n) is 5.22. The second-order valence-corrected chi connectivity index (χ2v) is 10.1. The molecule has 2 amide bonds. The summed E-state index contributed by atoms with van der Waals surface area (Å²) in [4.78, 5) is 29.1. The minimum atomic E-state index is -0.279. The molecular formula is C24H22Cl2N2O5S2. The number of halogens is 2. The Labute approximate surface area is 222 Å². The van der Waals surface area contributed by atoms with Crippen LogP contribution in [0.15, 0.2) is 41.3 Å². The number of anilines is 1. The van der Waals surface area contributed by atoms with Crippen LogP contribution in [0.3, 0.4) is 0 Å². The van der Waals surface area contributed by atoms with Crippen molar-refractivity contribution in [1.29, 1.82) is 0 Å². The average molecular weight is 553 g/mol. The number of ether oxygens (including phenoxy) is 3. The van der Waals surface area contributed by atoms with E-state index in [4.69, 9.17) is 49.6 Å². The van der Waals surface area contributed by atoms with Crippen molar-refractivity contribution in [2.45, 2.75) is 6.92 Å². The van der Waals surface area contributed by atoms with Crippen LogP contribution >= 0.6 is 47.2 Å². The lowest BCUT2D eigenvalue weighted by atomic mass is 10.1. The van der Waals surface area contributed by atoms with E-state index >= 15 is 0 Å². The first-order chi connectivity index (χ1) is 16.9. The van der Waals surface area contributed by atoms with Gasteiger partial charge in [0.05, 0.1) is 35.4 Å². The number of thioether (sulfide) groups is 1. The Hall–Kier alpha value is -2.30. The lowest BCUT2D eigenvalue weighted by molar-refractivity contribution is -0.137. The van der Waals surface area contributed by atoms with Gasteiger partial charge in [0, 0.05) is 18.1 Å². The van der Waals surface area contributed by atoms with Crippen LogP contribution in [0.1, 0.15) is 12.5 Å². The van der Waals surface area contributed by atoms with Gasteiger partial charge in [0.15, 0.2) is 22.4 Å². The largest absolute Gasteiger partial charge is 0.490 e. The molecule has 0 radical (unpaired) electrons. The minimum absolute atomic E-state index is 0.0973. The summed E-state index contributed by atoms with van der Waals surface area (Å²) in [5.41, 5.74) is 1.20. The quantitative estimate of drug-likeness (QED) is 0.352. The standard InChI is InChI=1S/C24H22Cl2N2O5S2/c1-2-32-20-11-15(3-6-19(20)33-14-22(29)27-7-9-31-10-8-27)12-21-23(30)28(24(34)35-21)18-5-4-16(25)13-17(18)26/h3-6,11-13H,2,7-10,14H2,1H3/b21-12+. The van der Waals surface area contributed by atoms with Crippen molar-refractivity contribution >= 4 is 75.1 Å². The van der Waals surface area contributed by atoms with Crippen molar-refractivity contribution in [2.24, 2.45) is 0 Å². The molecular weight excluding hydrogens is 531 g/mol. The summed E-state index contributed by atoms with van der Waals surface area (Å²) in [7, 11) is 0. The Morgan fingerprint density at radius 1 is 1.14 bits per heavy atom. The molecule has 2 aliphatic heterocycles. The van der Waals surface area contributed by atoms with Crippen LogP contribution in [0.5, 0.6) is 11.5 Å². The Balaban J connectivity index is 1.51. The van der Waals surface area contributed by atoms with Crippen LogP contribution in [-0.4, -0.2) is 60.6 Å². The number of rotatable bonds is 7. The first kappa shape index (κ1) is 25.8. The zero-order valence-corrected chi connectivity index (χ0v) is 21.9.